The van der Waals surface area contributed by atoms with Gasteiger partial charge in [-0.05, 0) is 30.7 Å². The second-order valence-electron chi connectivity index (χ2n) is 2.81. The molecule has 0 atom stereocenters. The maximum atomic E-state index is 11.3. The van der Waals surface area contributed by atoms with Crippen molar-refractivity contribution in [2.75, 3.05) is 12.3 Å². The van der Waals surface area contributed by atoms with E-state index < -0.39 is 5.97 Å². The second-order valence-corrected chi connectivity index (χ2v) is 2.81. The van der Waals surface area contributed by atoms with Crippen LogP contribution in [-0.2, 0) is 4.74 Å². The normalized spacial score (nSPS) is 9.14. The number of aryl methyl sites for hydroxylation is 1. The van der Waals surface area contributed by atoms with Crippen molar-refractivity contribution in [2.24, 2.45) is 0 Å². The minimum Gasteiger partial charge on any atom is -0.447 e. The van der Waals surface area contributed by atoms with Gasteiger partial charge < -0.3 is 10.5 Å². The molecule has 0 saturated carbocycles. The summed E-state index contributed by atoms with van der Waals surface area (Å²) in [5, 5.41) is 8.23. The number of rotatable bonds is 2. The number of hydrogen-bond acceptors (Lipinski definition) is 4. The fourth-order valence-corrected chi connectivity index (χ4v) is 1.09. The van der Waals surface area contributed by atoms with Crippen LogP contribution in [0.2, 0.25) is 0 Å². The summed E-state index contributed by atoms with van der Waals surface area (Å²) < 4.78 is 4.66. The van der Waals surface area contributed by atoms with Gasteiger partial charge in [-0.2, -0.15) is 5.26 Å². The average Bonchev–Trinajstić information content (AvgIpc) is 2.14. The molecular formula is C10H10N2O2. The summed E-state index contributed by atoms with van der Waals surface area (Å²) in [5.74, 6) is -0.496. The molecule has 1 aromatic rings. The number of carbonyl (C=O) groups is 1. The zero-order chi connectivity index (χ0) is 10.6. The Kier molecular flexibility index (Phi) is 3.08. The van der Waals surface area contributed by atoms with Crippen molar-refractivity contribution in [1.29, 1.82) is 5.26 Å². The van der Waals surface area contributed by atoms with Crippen LogP contribution in [0.1, 0.15) is 15.9 Å². The molecule has 1 rings (SSSR count). The van der Waals surface area contributed by atoms with E-state index in [1.165, 1.54) is 0 Å². The van der Waals surface area contributed by atoms with Gasteiger partial charge in [0.2, 0.25) is 0 Å². The number of nitriles is 1. The fourth-order valence-electron chi connectivity index (χ4n) is 1.09. The van der Waals surface area contributed by atoms with E-state index in [0.717, 1.165) is 5.56 Å². The number of nitrogens with two attached hydrogens (primary N) is 1. The highest BCUT2D eigenvalue weighted by atomic mass is 16.5. The van der Waals surface area contributed by atoms with Crippen LogP contribution in [0.25, 0.3) is 0 Å². The van der Waals surface area contributed by atoms with Crippen molar-refractivity contribution in [3.05, 3.63) is 29.3 Å². The Morgan fingerprint density at radius 2 is 2.36 bits per heavy atom. The largest absolute Gasteiger partial charge is 0.447 e. The Hall–Kier alpha value is -2.02. The Morgan fingerprint density at radius 3 is 2.93 bits per heavy atom. The Labute approximate surface area is 81.9 Å². The monoisotopic (exact) mass is 190 g/mol. The van der Waals surface area contributed by atoms with Gasteiger partial charge in [0.15, 0.2) is 6.61 Å². The third kappa shape index (κ3) is 2.23. The molecule has 0 saturated heterocycles. The lowest BCUT2D eigenvalue weighted by Gasteiger charge is -2.04. The lowest BCUT2D eigenvalue weighted by Crippen LogP contribution is -2.07. The van der Waals surface area contributed by atoms with Gasteiger partial charge in [-0.1, -0.05) is 0 Å². The quantitative estimate of drug-likeness (QED) is 0.562. The minimum atomic E-state index is -0.496. The highest BCUT2D eigenvalue weighted by Gasteiger charge is 2.09. The zero-order valence-corrected chi connectivity index (χ0v) is 7.78. The molecule has 0 unspecified atom stereocenters. The molecule has 0 bridgehead atoms. The molecule has 2 N–H and O–H groups in total. The van der Waals surface area contributed by atoms with Crippen molar-refractivity contribution in [3.63, 3.8) is 0 Å². The molecular weight excluding hydrogens is 180 g/mol. The summed E-state index contributed by atoms with van der Waals surface area (Å²) in [4.78, 5) is 11.3. The molecule has 1 aromatic carbocycles. The van der Waals surface area contributed by atoms with Crippen molar-refractivity contribution in [1.82, 2.24) is 0 Å². The minimum absolute atomic E-state index is 0.233. The summed E-state index contributed by atoms with van der Waals surface area (Å²) in [7, 11) is 0. The Balaban J connectivity index is 2.86. The van der Waals surface area contributed by atoms with E-state index in [1.54, 1.807) is 31.2 Å². The summed E-state index contributed by atoms with van der Waals surface area (Å²) >= 11 is 0. The highest BCUT2D eigenvalue weighted by Crippen LogP contribution is 2.13. The van der Waals surface area contributed by atoms with Gasteiger partial charge in [0.05, 0.1) is 5.56 Å². The predicted molar refractivity (Wildman–Crippen MR) is 51.5 cm³/mol. The summed E-state index contributed by atoms with van der Waals surface area (Å²) in [6.07, 6.45) is 0. The van der Waals surface area contributed by atoms with E-state index in [1.807, 2.05) is 0 Å². The highest BCUT2D eigenvalue weighted by molar-refractivity contribution is 5.91. The van der Waals surface area contributed by atoms with Gasteiger partial charge in [-0.15, -0.1) is 0 Å². The maximum Gasteiger partial charge on any atom is 0.339 e. The smallest absolute Gasteiger partial charge is 0.339 e. The molecule has 4 heteroatoms. The number of benzene rings is 1. The zero-order valence-electron chi connectivity index (χ0n) is 7.78. The van der Waals surface area contributed by atoms with E-state index in [0.29, 0.717) is 11.3 Å². The van der Waals surface area contributed by atoms with Crippen LogP contribution in [0.3, 0.4) is 0 Å². The van der Waals surface area contributed by atoms with Gasteiger partial charge in [0.25, 0.3) is 0 Å². The van der Waals surface area contributed by atoms with E-state index in [-0.39, 0.29) is 6.61 Å². The van der Waals surface area contributed by atoms with E-state index >= 15 is 0 Å². The lowest BCUT2D eigenvalue weighted by atomic mass is 10.1. The van der Waals surface area contributed by atoms with Crippen LogP contribution in [0, 0.1) is 18.3 Å². The molecule has 14 heavy (non-hydrogen) atoms. The van der Waals surface area contributed by atoms with Crippen LogP contribution >= 0.6 is 0 Å². The number of esters is 1. The van der Waals surface area contributed by atoms with E-state index in [9.17, 15) is 4.79 Å². The van der Waals surface area contributed by atoms with Crippen molar-refractivity contribution in [3.8, 4) is 6.07 Å². The summed E-state index contributed by atoms with van der Waals surface area (Å²) in [6, 6.07) is 6.62. The molecule has 72 valence electrons. The Morgan fingerprint density at radius 1 is 1.64 bits per heavy atom. The standard InChI is InChI=1S/C10H10N2O2/c1-7-6-8(12)2-3-9(7)10(13)14-5-4-11/h2-3,6H,5,12H2,1H3. The molecule has 0 aliphatic carbocycles. The topological polar surface area (TPSA) is 76.1 Å². The molecule has 0 radical (unpaired) electrons. The molecule has 0 aromatic heterocycles. The first-order chi connectivity index (χ1) is 6.65. The number of nitrogen functional groups attached to an aromatic ring is 1. The van der Waals surface area contributed by atoms with Gasteiger partial charge in [0, 0.05) is 5.69 Å². The SMILES string of the molecule is Cc1cc(N)ccc1C(=O)OCC#N. The lowest BCUT2D eigenvalue weighted by molar-refractivity contribution is 0.0554. The number of nitrogens with zero attached hydrogens (tertiary/aromatic N) is 1. The van der Waals surface area contributed by atoms with Crippen LogP contribution in [-0.4, -0.2) is 12.6 Å². The van der Waals surface area contributed by atoms with Gasteiger partial charge in [-0.3, -0.25) is 0 Å². The van der Waals surface area contributed by atoms with Crippen LogP contribution in [0.4, 0.5) is 5.69 Å². The molecule has 0 fully saturated rings. The summed E-state index contributed by atoms with van der Waals surface area (Å²) in [6.45, 7) is 1.53. The van der Waals surface area contributed by atoms with Crippen molar-refractivity contribution < 1.29 is 9.53 Å². The van der Waals surface area contributed by atoms with Crippen molar-refractivity contribution >= 4 is 11.7 Å². The van der Waals surface area contributed by atoms with Crippen LogP contribution in [0.15, 0.2) is 18.2 Å². The first-order valence-electron chi connectivity index (χ1n) is 4.05. The van der Waals surface area contributed by atoms with Gasteiger partial charge in [0.1, 0.15) is 6.07 Å². The van der Waals surface area contributed by atoms with Crippen LogP contribution < -0.4 is 5.73 Å². The molecule has 0 aliphatic heterocycles. The average molecular weight is 190 g/mol. The van der Waals surface area contributed by atoms with Gasteiger partial charge >= 0.3 is 5.97 Å². The maximum absolute atomic E-state index is 11.3. The first kappa shape index (κ1) is 10.1. The number of hydrogen-bond donors (Lipinski definition) is 1. The molecule has 0 aliphatic rings. The summed E-state index contributed by atoms with van der Waals surface area (Å²) in [5.41, 5.74) is 7.30. The molecule has 4 nitrogen and oxygen atoms in total. The Bertz CT molecular complexity index is 394. The van der Waals surface area contributed by atoms with E-state index in [2.05, 4.69) is 4.74 Å². The molecule has 0 heterocycles. The molecule has 0 spiro atoms. The van der Waals surface area contributed by atoms with Crippen LogP contribution in [0.5, 0.6) is 0 Å². The number of carbonyl (C=O) groups excluding carboxylic acids is 1. The third-order valence-corrected chi connectivity index (χ3v) is 1.74. The van der Waals surface area contributed by atoms with Crippen molar-refractivity contribution in [2.45, 2.75) is 6.92 Å². The van der Waals surface area contributed by atoms with Gasteiger partial charge in [-0.25, -0.2) is 4.79 Å². The van der Waals surface area contributed by atoms with E-state index in [4.69, 9.17) is 11.0 Å². The second kappa shape index (κ2) is 4.28. The first-order valence-corrected chi connectivity index (χ1v) is 4.05. The fraction of sp³-hybridized carbons (Fsp3) is 0.200. The molecule has 0 amide bonds. The number of anilines is 1. The predicted octanol–water partition coefficient (Wildman–Crippen LogP) is 1.26. The number of ether oxygens (including phenoxy) is 1. The third-order valence-electron chi connectivity index (χ3n) is 1.74.